The van der Waals surface area contributed by atoms with E-state index in [1.54, 1.807) is 48.8 Å². The Morgan fingerprint density at radius 2 is 2.00 bits per heavy atom. The van der Waals surface area contributed by atoms with Crippen LogP contribution in [0.15, 0.2) is 61.4 Å². The normalized spacial score (nSPS) is 13.3. The first-order valence-electron chi connectivity index (χ1n) is 6.08. The highest BCUT2D eigenvalue weighted by atomic mass is 35.5. The number of pyridine rings is 1. The van der Waals surface area contributed by atoms with Crippen molar-refractivity contribution in [3.8, 4) is 0 Å². The van der Waals surface area contributed by atoms with Crippen LogP contribution in [0.3, 0.4) is 0 Å². The zero-order valence-electron chi connectivity index (χ0n) is 11.0. The number of ether oxygens (including phenoxy) is 1. The number of carbonyl (C=O) groups excluding carboxylic acids is 1. The zero-order valence-corrected chi connectivity index (χ0v) is 11.8. The Morgan fingerprint density at radius 1 is 1.30 bits per heavy atom. The fourth-order valence-corrected chi connectivity index (χ4v) is 2.19. The smallest absolute Gasteiger partial charge is 0.304 e. The van der Waals surface area contributed by atoms with Crippen LogP contribution in [0.4, 0.5) is 0 Å². The molecule has 0 aliphatic heterocycles. The maximum atomic E-state index is 11.5. The molecule has 2 aromatic rings. The van der Waals surface area contributed by atoms with Crippen LogP contribution in [0.5, 0.6) is 0 Å². The number of hydrogen-bond donors (Lipinski definition) is 0. The van der Waals surface area contributed by atoms with E-state index in [1.165, 1.54) is 6.92 Å². The third-order valence-corrected chi connectivity index (χ3v) is 3.21. The number of rotatable bonds is 4. The largest absolute Gasteiger partial charge is 0.445 e. The monoisotopic (exact) mass is 287 g/mol. The maximum absolute atomic E-state index is 11.5. The van der Waals surface area contributed by atoms with Crippen molar-refractivity contribution in [2.75, 3.05) is 0 Å². The number of halogens is 1. The van der Waals surface area contributed by atoms with Crippen molar-refractivity contribution < 1.29 is 9.53 Å². The number of esters is 1. The molecule has 1 aromatic carbocycles. The van der Waals surface area contributed by atoms with Gasteiger partial charge in [-0.15, -0.1) is 0 Å². The molecule has 1 atom stereocenters. The van der Waals surface area contributed by atoms with Gasteiger partial charge in [0, 0.05) is 35.5 Å². The lowest BCUT2D eigenvalue weighted by molar-refractivity contribution is -0.150. The van der Waals surface area contributed by atoms with Gasteiger partial charge < -0.3 is 4.74 Å². The van der Waals surface area contributed by atoms with Crippen LogP contribution in [0.1, 0.15) is 18.1 Å². The number of hydrogen-bond acceptors (Lipinski definition) is 3. The highest BCUT2D eigenvalue weighted by Crippen LogP contribution is 2.35. The van der Waals surface area contributed by atoms with Crippen LogP contribution < -0.4 is 0 Å². The van der Waals surface area contributed by atoms with Crippen LogP contribution in [0.25, 0.3) is 0 Å². The molecule has 1 heterocycles. The summed E-state index contributed by atoms with van der Waals surface area (Å²) in [7, 11) is 0. The van der Waals surface area contributed by atoms with Gasteiger partial charge in [-0.25, -0.2) is 0 Å². The number of carbonyl (C=O) groups is 1. The van der Waals surface area contributed by atoms with Gasteiger partial charge in [-0.05, 0) is 24.3 Å². The van der Waals surface area contributed by atoms with Gasteiger partial charge in [-0.2, -0.15) is 0 Å². The van der Waals surface area contributed by atoms with Gasteiger partial charge in [-0.1, -0.05) is 36.4 Å². The van der Waals surface area contributed by atoms with Gasteiger partial charge >= 0.3 is 5.97 Å². The van der Waals surface area contributed by atoms with E-state index < -0.39 is 11.6 Å². The van der Waals surface area contributed by atoms with Crippen molar-refractivity contribution in [2.45, 2.75) is 12.5 Å². The maximum Gasteiger partial charge on any atom is 0.304 e. The summed E-state index contributed by atoms with van der Waals surface area (Å²) in [5.74, 6) is -0.399. The first-order valence-corrected chi connectivity index (χ1v) is 6.46. The molecule has 0 N–H and O–H groups in total. The molecule has 0 amide bonds. The van der Waals surface area contributed by atoms with Crippen LogP contribution in [0.2, 0.25) is 5.02 Å². The average molecular weight is 288 g/mol. The van der Waals surface area contributed by atoms with Gasteiger partial charge in [0.2, 0.25) is 0 Å². The molecular formula is C16H14ClNO2. The van der Waals surface area contributed by atoms with Gasteiger partial charge in [0.1, 0.15) is 0 Å². The van der Waals surface area contributed by atoms with Crippen LogP contribution in [0, 0.1) is 0 Å². The lowest BCUT2D eigenvalue weighted by Crippen LogP contribution is -2.31. The number of benzene rings is 1. The summed E-state index contributed by atoms with van der Waals surface area (Å²) in [6.45, 7) is 5.19. The third kappa shape index (κ3) is 2.73. The molecule has 4 heteroatoms. The summed E-state index contributed by atoms with van der Waals surface area (Å²) in [6.07, 6.45) is 4.90. The van der Waals surface area contributed by atoms with Crippen molar-refractivity contribution in [3.63, 3.8) is 0 Å². The van der Waals surface area contributed by atoms with Crippen molar-refractivity contribution >= 4 is 17.6 Å². The highest BCUT2D eigenvalue weighted by Gasteiger charge is 2.34. The first-order chi connectivity index (χ1) is 9.58. The summed E-state index contributed by atoms with van der Waals surface area (Å²) in [5, 5.41) is 0.612. The van der Waals surface area contributed by atoms with E-state index >= 15 is 0 Å². The Balaban J connectivity index is 2.62. The van der Waals surface area contributed by atoms with Crippen LogP contribution in [-0.4, -0.2) is 11.0 Å². The lowest BCUT2D eigenvalue weighted by Gasteiger charge is -2.30. The lowest BCUT2D eigenvalue weighted by atomic mass is 9.87. The molecule has 0 bridgehead atoms. The molecule has 0 saturated carbocycles. The number of aromatic nitrogens is 1. The summed E-state index contributed by atoms with van der Waals surface area (Å²) >= 11 is 5.91. The van der Waals surface area contributed by atoms with E-state index in [2.05, 4.69) is 11.6 Å². The van der Waals surface area contributed by atoms with E-state index in [9.17, 15) is 4.79 Å². The molecule has 20 heavy (non-hydrogen) atoms. The molecule has 1 aromatic heterocycles. The van der Waals surface area contributed by atoms with Crippen LogP contribution in [-0.2, 0) is 15.1 Å². The summed E-state index contributed by atoms with van der Waals surface area (Å²) in [6, 6.07) is 10.7. The fraction of sp³-hybridized carbons (Fsp3) is 0.125. The number of nitrogens with zero attached hydrogens (tertiary/aromatic N) is 1. The predicted octanol–water partition coefficient (Wildman–Crippen LogP) is 3.73. The minimum Gasteiger partial charge on any atom is -0.445 e. The quantitative estimate of drug-likeness (QED) is 0.635. The van der Waals surface area contributed by atoms with Crippen molar-refractivity contribution in [1.29, 1.82) is 0 Å². The third-order valence-electron chi connectivity index (χ3n) is 2.96. The van der Waals surface area contributed by atoms with Crippen molar-refractivity contribution in [2.24, 2.45) is 0 Å². The summed E-state index contributed by atoms with van der Waals surface area (Å²) in [4.78, 5) is 15.6. The topological polar surface area (TPSA) is 39.2 Å². The summed E-state index contributed by atoms with van der Waals surface area (Å²) < 4.78 is 5.56. The molecule has 0 fully saturated rings. The summed E-state index contributed by atoms with van der Waals surface area (Å²) in [5.41, 5.74) is 0.428. The Morgan fingerprint density at radius 3 is 2.50 bits per heavy atom. The SMILES string of the molecule is C=CC(OC(C)=O)(c1ccc(Cl)cc1)c1cccnc1. The molecule has 0 spiro atoms. The second-order valence-corrected chi connectivity index (χ2v) is 4.72. The molecule has 0 radical (unpaired) electrons. The molecular weight excluding hydrogens is 274 g/mol. The molecule has 1 unspecified atom stereocenters. The van der Waals surface area contributed by atoms with E-state index in [1.807, 2.05) is 6.07 Å². The minimum absolute atomic E-state index is 0.399. The second-order valence-electron chi connectivity index (χ2n) is 4.28. The van der Waals surface area contributed by atoms with Crippen LogP contribution >= 0.6 is 11.6 Å². The van der Waals surface area contributed by atoms with E-state index in [0.717, 1.165) is 11.1 Å². The predicted molar refractivity (Wildman–Crippen MR) is 78.4 cm³/mol. The first kappa shape index (κ1) is 14.3. The molecule has 0 saturated heterocycles. The van der Waals surface area contributed by atoms with E-state index in [-0.39, 0.29) is 0 Å². The zero-order chi connectivity index (χ0) is 14.6. The van der Waals surface area contributed by atoms with E-state index in [4.69, 9.17) is 16.3 Å². The second kappa shape index (κ2) is 5.88. The molecule has 0 aliphatic carbocycles. The Kier molecular flexibility index (Phi) is 4.20. The Hall–Kier alpha value is -2.13. The molecule has 2 rings (SSSR count). The standard InChI is InChI=1S/C16H14ClNO2/c1-3-16(20-12(2)19,14-5-4-10-18-11-14)13-6-8-15(17)9-7-13/h3-11H,1H2,2H3. The van der Waals surface area contributed by atoms with Gasteiger partial charge in [0.05, 0.1) is 0 Å². The highest BCUT2D eigenvalue weighted by molar-refractivity contribution is 6.30. The Bertz CT molecular complexity index is 610. The molecule has 102 valence electrons. The molecule has 0 aliphatic rings. The van der Waals surface area contributed by atoms with Gasteiger partial charge in [0.15, 0.2) is 5.60 Å². The minimum atomic E-state index is -1.06. The van der Waals surface area contributed by atoms with Gasteiger partial charge in [-0.3, -0.25) is 9.78 Å². The fourth-order valence-electron chi connectivity index (χ4n) is 2.07. The average Bonchev–Trinajstić information content (AvgIpc) is 2.46. The Labute approximate surface area is 122 Å². The van der Waals surface area contributed by atoms with Gasteiger partial charge in [0.25, 0.3) is 0 Å². The van der Waals surface area contributed by atoms with E-state index in [0.29, 0.717) is 5.02 Å². The van der Waals surface area contributed by atoms with Crippen molar-refractivity contribution in [1.82, 2.24) is 4.98 Å². The molecule has 3 nitrogen and oxygen atoms in total. The van der Waals surface area contributed by atoms with Crippen molar-refractivity contribution in [3.05, 3.63) is 77.6 Å².